The monoisotopic (exact) mass is 528 g/mol. The molecule has 0 saturated heterocycles. The molecule has 0 aliphatic rings. The molecule has 0 heterocycles. The van der Waals surface area contributed by atoms with Crippen LogP contribution in [-0.4, -0.2) is 21.4 Å². The van der Waals surface area contributed by atoms with Crippen molar-refractivity contribution in [1.29, 1.82) is 0 Å². The molecule has 0 fully saturated rings. The molecule has 0 bridgehead atoms. The van der Waals surface area contributed by atoms with Gasteiger partial charge < -0.3 is 10.1 Å². The molecule has 0 aliphatic heterocycles. The molecule has 0 aromatic heterocycles. The Morgan fingerprint density at radius 1 is 0.944 bits per heavy atom. The number of aryl methyl sites for hydroxylation is 2. The zero-order chi connectivity index (χ0) is 26.8. The zero-order valence-electron chi connectivity index (χ0n) is 21.7. The largest absolute Gasteiger partial charge is 0.496 e. The number of sulfonamides is 1. The summed E-state index contributed by atoms with van der Waals surface area (Å²) >= 11 is 6.26. The first-order chi connectivity index (χ1) is 16.9. The summed E-state index contributed by atoms with van der Waals surface area (Å²) in [5, 5.41) is 3.02. The van der Waals surface area contributed by atoms with Crippen LogP contribution in [0.2, 0.25) is 5.02 Å². The van der Waals surface area contributed by atoms with Gasteiger partial charge in [0.2, 0.25) is 0 Å². The molecule has 6 nitrogen and oxygen atoms in total. The first kappa shape index (κ1) is 27.6. The summed E-state index contributed by atoms with van der Waals surface area (Å²) in [6.07, 6.45) is 0. The van der Waals surface area contributed by atoms with E-state index in [1.165, 1.54) is 18.2 Å². The molecule has 3 rings (SSSR count). The maximum Gasteiger partial charge on any atom is 0.263 e. The Labute approximate surface area is 219 Å². The van der Waals surface area contributed by atoms with E-state index in [9.17, 15) is 13.2 Å². The molecule has 8 heteroatoms. The molecule has 0 aliphatic carbocycles. The maximum atomic E-state index is 13.2. The van der Waals surface area contributed by atoms with Crippen molar-refractivity contribution in [3.63, 3.8) is 0 Å². The van der Waals surface area contributed by atoms with Crippen LogP contribution in [-0.2, 0) is 10.0 Å². The third-order valence-corrected chi connectivity index (χ3v) is 8.23. The molecule has 3 aromatic rings. The van der Waals surface area contributed by atoms with Gasteiger partial charge in [0.1, 0.15) is 10.6 Å². The van der Waals surface area contributed by atoms with E-state index in [0.717, 1.165) is 33.6 Å². The fraction of sp³-hybridized carbons (Fsp3) is 0.321. The number of halogens is 1. The Balaban J connectivity index is 1.89. The van der Waals surface area contributed by atoms with Gasteiger partial charge in [-0.2, -0.15) is 0 Å². The van der Waals surface area contributed by atoms with E-state index in [-0.39, 0.29) is 27.4 Å². The zero-order valence-corrected chi connectivity index (χ0v) is 23.3. The Morgan fingerprint density at radius 3 is 2.28 bits per heavy atom. The van der Waals surface area contributed by atoms with Gasteiger partial charge in [0.05, 0.1) is 23.9 Å². The summed E-state index contributed by atoms with van der Waals surface area (Å²) in [6, 6.07) is 13.3. The number of hydrogen-bond acceptors (Lipinski definition) is 4. The van der Waals surface area contributed by atoms with Crippen LogP contribution in [0.1, 0.15) is 70.9 Å². The number of ether oxygens (including phenoxy) is 1. The van der Waals surface area contributed by atoms with Crippen molar-refractivity contribution in [3.05, 3.63) is 86.9 Å². The topological polar surface area (TPSA) is 84.5 Å². The van der Waals surface area contributed by atoms with E-state index in [1.54, 1.807) is 19.2 Å². The lowest BCUT2D eigenvalue weighted by molar-refractivity contribution is 0.0939. The minimum atomic E-state index is -4.03. The first-order valence-electron chi connectivity index (χ1n) is 11.7. The lowest BCUT2D eigenvalue weighted by Gasteiger charge is -2.21. The van der Waals surface area contributed by atoms with Crippen LogP contribution < -0.4 is 14.8 Å². The molecule has 3 aromatic carbocycles. The van der Waals surface area contributed by atoms with Gasteiger partial charge in [-0.05, 0) is 97.8 Å². The van der Waals surface area contributed by atoms with Gasteiger partial charge in [-0.15, -0.1) is 0 Å². The number of methoxy groups -OCH3 is 1. The number of anilines is 1. The summed E-state index contributed by atoms with van der Waals surface area (Å²) in [5.41, 5.74) is 5.44. The molecular weight excluding hydrogens is 496 g/mol. The van der Waals surface area contributed by atoms with E-state index >= 15 is 0 Å². The van der Waals surface area contributed by atoms with Crippen molar-refractivity contribution in [3.8, 4) is 5.75 Å². The highest BCUT2D eigenvalue weighted by Gasteiger charge is 2.23. The van der Waals surface area contributed by atoms with Crippen LogP contribution in [0.25, 0.3) is 0 Å². The maximum absolute atomic E-state index is 13.2. The predicted octanol–water partition coefficient (Wildman–Crippen LogP) is 6.69. The highest BCUT2D eigenvalue weighted by molar-refractivity contribution is 7.92. The normalized spacial score (nSPS) is 12.4. The van der Waals surface area contributed by atoms with Crippen LogP contribution in [0.5, 0.6) is 5.75 Å². The Hall–Kier alpha value is -3.03. The fourth-order valence-electron chi connectivity index (χ4n) is 4.08. The molecule has 0 unspecified atom stereocenters. The fourth-order valence-corrected chi connectivity index (χ4v) is 5.73. The smallest absolute Gasteiger partial charge is 0.263 e. The van der Waals surface area contributed by atoms with Gasteiger partial charge in [-0.25, -0.2) is 8.42 Å². The molecule has 192 valence electrons. The molecule has 1 amide bonds. The van der Waals surface area contributed by atoms with E-state index in [0.29, 0.717) is 5.69 Å². The lowest BCUT2D eigenvalue weighted by Crippen LogP contribution is -2.27. The highest BCUT2D eigenvalue weighted by Crippen LogP contribution is 2.32. The Bertz CT molecular complexity index is 1400. The van der Waals surface area contributed by atoms with Crippen molar-refractivity contribution in [1.82, 2.24) is 5.32 Å². The van der Waals surface area contributed by atoms with Crippen molar-refractivity contribution in [2.24, 2.45) is 0 Å². The minimum Gasteiger partial charge on any atom is -0.496 e. The van der Waals surface area contributed by atoms with E-state index < -0.39 is 15.9 Å². The minimum absolute atomic E-state index is 0.0324. The van der Waals surface area contributed by atoms with Crippen LogP contribution in [0, 0.1) is 20.8 Å². The van der Waals surface area contributed by atoms with E-state index in [1.807, 2.05) is 39.8 Å². The number of carbonyl (C=O) groups excluding carboxylic acids is 1. The Morgan fingerprint density at radius 2 is 1.64 bits per heavy atom. The van der Waals surface area contributed by atoms with Gasteiger partial charge >= 0.3 is 0 Å². The molecule has 2 N–H and O–H groups in total. The highest BCUT2D eigenvalue weighted by atomic mass is 35.5. The number of nitrogens with one attached hydrogen (secondary N) is 2. The molecule has 0 saturated carbocycles. The van der Waals surface area contributed by atoms with Crippen LogP contribution in [0.15, 0.2) is 53.4 Å². The third-order valence-electron chi connectivity index (χ3n) is 6.39. The second-order valence-electron chi connectivity index (χ2n) is 9.30. The summed E-state index contributed by atoms with van der Waals surface area (Å²) < 4.78 is 34.5. The van der Waals surface area contributed by atoms with Crippen molar-refractivity contribution in [2.75, 3.05) is 11.8 Å². The molecule has 1 atom stereocenters. The van der Waals surface area contributed by atoms with Crippen LogP contribution in [0.3, 0.4) is 0 Å². The van der Waals surface area contributed by atoms with Crippen molar-refractivity contribution >= 4 is 33.2 Å². The quantitative estimate of drug-likeness (QED) is 0.341. The van der Waals surface area contributed by atoms with Crippen LogP contribution >= 0.6 is 11.6 Å². The van der Waals surface area contributed by atoms with Gasteiger partial charge in [-0.1, -0.05) is 37.6 Å². The Kier molecular flexibility index (Phi) is 8.37. The molecule has 0 radical (unpaired) electrons. The number of carbonyl (C=O) groups is 1. The lowest BCUT2D eigenvalue weighted by atomic mass is 9.93. The van der Waals surface area contributed by atoms with Crippen molar-refractivity contribution < 1.29 is 17.9 Å². The van der Waals surface area contributed by atoms with Gasteiger partial charge in [0.15, 0.2) is 0 Å². The first-order valence-corrected chi connectivity index (χ1v) is 13.6. The summed E-state index contributed by atoms with van der Waals surface area (Å²) in [4.78, 5) is 13.0. The third kappa shape index (κ3) is 5.85. The number of benzene rings is 3. The molecule has 36 heavy (non-hydrogen) atoms. The number of amides is 1. The summed E-state index contributed by atoms with van der Waals surface area (Å²) in [6.45, 7) is 11.8. The average molecular weight is 529 g/mol. The second kappa shape index (κ2) is 10.9. The number of hydrogen-bond donors (Lipinski definition) is 2. The standard InChI is InChI=1S/C28H33ClN2O4S/c1-16(2)22-15-23(18(4)13-26(22)35-7)20(6)30-28(32)21-11-12-24(29)27(14-21)36(33,34)31-25-10-8-9-17(3)19(25)5/h8-16,20,31H,1-7H3,(H,30,32)/t20-/m0/s1. The van der Waals surface area contributed by atoms with Crippen LogP contribution in [0.4, 0.5) is 5.69 Å². The summed E-state index contributed by atoms with van der Waals surface area (Å²) in [7, 11) is -2.38. The average Bonchev–Trinajstić information content (AvgIpc) is 2.81. The van der Waals surface area contributed by atoms with Gasteiger partial charge in [-0.3, -0.25) is 9.52 Å². The van der Waals surface area contributed by atoms with Gasteiger partial charge in [0.25, 0.3) is 15.9 Å². The van der Waals surface area contributed by atoms with Crippen molar-refractivity contribution in [2.45, 2.75) is 58.4 Å². The molecule has 0 spiro atoms. The summed E-state index contributed by atoms with van der Waals surface area (Å²) in [5.74, 6) is 0.660. The van der Waals surface area contributed by atoms with E-state index in [2.05, 4.69) is 30.0 Å². The van der Waals surface area contributed by atoms with E-state index in [4.69, 9.17) is 16.3 Å². The van der Waals surface area contributed by atoms with Gasteiger partial charge in [0, 0.05) is 5.56 Å². The molecular formula is C28H33ClN2O4S. The predicted molar refractivity (Wildman–Crippen MR) is 146 cm³/mol. The number of rotatable bonds is 8. The second-order valence-corrected chi connectivity index (χ2v) is 11.4. The SMILES string of the molecule is COc1cc(C)c([C@H](C)NC(=O)c2ccc(Cl)c(S(=O)(=O)Nc3cccc(C)c3C)c2)cc1C(C)C.